The highest BCUT2D eigenvalue weighted by atomic mass is 35.5. The number of likely N-dealkylation sites (tertiary alicyclic amines) is 1. The highest BCUT2D eigenvalue weighted by Crippen LogP contribution is 2.21. The van der Waals surface area contributed by atoms with Gasteiger partial charge in [-0.1, -0.05) is 12.1 Å². The predicted molar refractivity (Wildman–Crippen MR) is 83.7 cm³/mol. The van der Waals surface area contributed by atoms with Gasteiger partial charge in [-0.25, -0.2) is 9.97 Å². The number of fused-ring (bicyclic) bond motifs is 1. The Bertz CT molecular complexity index is 589. The lowest BCUT2D eigenvalue weighted by Gasteiger charge is -2.22. The van der Waals surface area contributed by atoms with Crippen LogP contribution in [0.4, 0.5) is 5.82 Å². The fourth-order valence-electron chi connectivity index (χ4n) is 2.77. The minimum Gasteiger partial charge on any atom is -0.383 e. The van der Waals surface area contributed by atoms with Crippen LogP contribution in [0.2, 0.25) is 0 Å². The molecule has 3 rings (SSSR count). The van der Waals surface area contributed by atoms with Crippen molar-refractivity contribution in [1.82, 2.24) is 14.9 Å². The van der Waals surface area contributed by atoms with Gasteiger partial charge in [0.15, 0.2) is 0 Å². The maximum absolute atomic E-state index is 6.00. The van der Waals surface area contributed by atoms with Crippen LogP contribution in [0, 0.1) is 0 Å². The average Bonchev–Trinajstić information content (AvgIpc) is 2.86. The van der Waals surface area contributed by atoms with E-state index in [0.29, 0.717) is 18.4 Å². The van der Waals surface area contributed by atoms with Crippen LogP contribution in [-0.4, -0.2) is 34.0 Å². The smallest absolute Gasteiger partial charge is 0.145 e. The highest BCUT2D eigenvalue weighted by Gasteiger charge is 2.24. The third-order valence-electron chi connectivity index (χ3n) is 3.79. The SMILES string of the molecule is Cl.NCC1CCCN1Cc1nc(N)c2ccccc2n1. The lowest BCUT2D eigenvalue weighted by atomic mass is 10.2. The zero-order chi connectivity index (χ0) is 13.2. The van der Waals surface area contributed by atoms with Crippen molar-refractivity contribution in [2.45, 2.75) is 25.4 Å². The molecule has 1 aliphatic rings. The second-order valence-corrected chi connectivity index (χ2v) is 5.04. The number of rotatable bonds is 3. The van der Waals surface area contributed by atoms with E-state index >= 15 is 0 Å². The van der Waals surface area contributed by atoms with Crippen LogP contribution >= 0.6 is 12.4 Å². The molecule has 1 aromatic carbocycles. The normalized spacial score (nSPS) is 19.1. The van der Waals surface area contributed by atoms with Crippen LogP contribution in [0.3, 0.4) is 0 Å². The van der Waals surface area contributed by atoms with Crippen LogP contribution < -0.4 is 11.5 Å². The Balaban J connectivity index is 0.00000147. The number of nitrogen functional groups attached to an aromatic ring is 1. The number of nitrogens with two attached hydrogens (primary N) is 2. The van der Waals surface area contributed by atoms with E-state index in [1.807, 2.05) is 24.3 Å². The molecule has 0 radical (unpaired) electrons. The second-order valence-electron chi connectivity index (χ2n) is 5.04. The van der Waals surface area contributed by atoms with E-state index in [9.17, 15) is 0 Å². The highest BCUT2D eigenvalue weighted by molar-refractivity contribution is 5.87. The molecule has 20 heavy (non-hydrogen) atoms. The maximum atomic E-state index is 6.00. The Hall–Kier alpha value is -1.43. The Kier molecular flexibility index (Phi) is 4.75. The van der Waals surface area contributed by atoms with Gasteiger partial charge in [0.1, 0.15) is 11.6 Å². The molecular weight excluding hydrogens is 274 g/mol. The number of benzene rings is 1. The van der Waals surface area contributed by atoms with Gasteiger partial charge in [-0.2, -0.15) is 0 Å². The minimum atomic E-state index is 0. The number of hydrogen-bond donors (Lipinski definition) is 2. The lowest BCUT2D eigenvalue weighted by molar-refractivity contribution is 0.244. The number of nitrogens with zero attached hydrogens (tertiary/aromatic N) is 3. The summed E-state index contributed by atoms with van der Waals surface area (Å²) in [4.78, 5) is 11.4. The van der Waals surface area contributed by atoms with Gasteiger partial charge < -0.3 is 11.5 Å². The first-order valence-corrected chi connectivity index (χ1v) is 6.73. The third-order valence-corrected chi connectivity index (χ3v) is 3.79. The Labute approximate surface area is 124 Å². The summed E-state index contributed by atoms with van der Waals surface area (Å²) < 4.78 is 0. The molecule has 0 aliphatic carbocycles. The van der Waals surface area contributed by atoms with Gasteiger partial charge in [0.2, 0.25) is 0 Å². The van der Waals surface area contributed by atoms with Crippen LogP contribution in [0.15, 0.2) is 24.3 Å². The number of halogens is 1. The van der Waals surface area contributed by atoms with E-state index in [1.165, 1.54) is 12.8 Å². The molecular formula is C14H20ClN5. The van der Waals surface area contributed by atoms with E-state index in [2.05, 4.69) is 14.9 Å². The molecule has 1 saturated heterocycles. The molecule has 108 valence electrons. The molecule has 2 aromatic rings. The molecule has 0 saturated carbocycles. The van der Waals surface area contributed by atoms with Gasteiger partial charge >= 0.3 is 0 Å². The molecule has 0 bridgehead atoms. The van der Waals surface area contributed by atoms with E-state index in [-0.39, 0.29) is 12.4 Å². The van der Waals surface area contributed by atoms with Gasteiger partial charge in [-0.3, -0.25) is 4.90 Å². The molecule has 1 atom stereocenters. The summed E-state index contributed by atoms with van der Waals surface area (Å²) in [5.74, 6) is 1.35. The van der Waals surface area contributed by atoms with Gasteiger partial charge in [0, 0.05) is 18.0 Å². The minimum absolute atomic E-state index is 0. The largest absolute Gasteiger partial charge is 0.383 e. The molecule has 6 heteroatoms. The van der Waals surface area contributed by atoms with E-state index < -0.39 is 0 Å². The lowest BCUT2D eigenvalue weighted by Crippen LogP contribution is -2.35. The van der Waals surface area contributed by atoms with Crippen molar-refractivity contribution < 1.29 is 0 Å². The Morgan fingerprint density at radius 3 is 2.85 bits per heavy atom. The molecule has 2 heterocycles. The monoisotopic (exact) mass is 293 g/mol. The van der Waals surface area contributed by atoms with Crippen molar-refractivity contribution in [3.05, 3.63) is 30.1 Å². The molecule has 0 spiro atoms. The summed E-state index contributed by atoms with van der Waals surface area (Å²) in [7, 11) is 0. The first-order valence-electron chi connectivity index (χ1n) is 6.73. The van der Waals surface area contributed by atoms with Crippen molar-refractivity contribution in [3.63, 3.8) is 0 Å². The topological polar surface area (TPSA) is 81.1 Å². The van der Waals surface area contributed by atoms with Gasteiger partial charge in [0.05, 0.1) is 12.1 Å². The van der Waals surface area contributed by atoms with E-state index in [1.54, 1.807) is 0 Å². The van der Waals surface area contributed by atoms with Crippen molar-refractivity contribution in [2.24, 2.45) is 5.73 Å². The zero-order valence-corrected chi connectivity index (χ0v) is 12.1. The summed E-state index contributed by atoms with van der Waals surface area (Å²) in [5.41, 5.74) is 12.7. The molecule has 1 unspecified atom stereocenters. The first kappa shape index (κ1) is 15.0. The van der Waals surface area contributed by atoms with Crippen molar-refractivity contribution in [1.29, 1.82) is 0 Å². The maximum Gasteiger partial charge on any atom is 0.145 e. The molecule has 4 N–H and O–H groups in total. The Morgan fingerprint density at radius 1 is 1.25 bits per heavy atom. The van der Waals surface area contributed by atoms with Crippen molar-refractivity contribution in [3.8, 4) is 0 Å². The predicted octanol–water partition coefficient (Wildman–Crippen LogP) is 1.56. The summed E-state index contributed by atoms with van der Waals surface area (Å²) >= 11 is 0. The van der Waals surface area contributed by atoms with Gasteiger partial charge in [-0.05, 0) is 31.5 Å². The fourth-order valence-corrected chi connectivity index (χ4v) is 2.77. The summed E-state index contributed by atoms with van der Waals surface area (Å²) in [6.07, 6.45) is 2.37. The van der Waals surface area contributed by atoms with Gasteiger partial charge in [0.25, 0.3) is 0 Å². The molecule has 0 amide bonds. The standard InChI is InChI=1S/C14H19N5.ClH/c15-8-10-4-3-7-19(10)9-13-17-12-6-2-1-5-11(12)14(16)18-13;/h1-2,5-6,10H,3-4,7-9,15H2,(H2,16,17,18);1H. The van der Waals surface area contributed by atoms with Crippen molar-refractivity contribution >= 4 is 29.1 Å². The number of para-hydroxylation sites is 1. The number of hydrogen-bond acceptors (Lipinski definition) is 5. The average molecular weight is 294 g/mol. The van der Waals surface area contributed by atoms with E-state index in [4.69, 9.17) is 11.5 Å². The van der Waals surface area contributed by atoms with Crippen LogP contribution in [0.1, 0.15) is 18.7 Å². The molecule has 1 fully saturated rings. The molecule has 1 aromatic heterocycles. The van der Waals surface area contributed by atoms with E-state index in [0.717, 1.165) is 29.8 Å². The third kappa shape index (κ3) is 2.85. The molecule has 1 aliphatic heterocycles. The number of aromatic nitrogens is 2. The fraction of sp³-hybridized carbons (Fsp3) is 0.429. The second kappa shape index (κ2) is 6.35. The number of anilines is 1. The van der Waals surface area contributed by atoms with Gasteiger partial charge in [-0.15, -0.1) is 12.4 Å². The van der Waals surface area contributed by atoms with Crippen molar-refractivity contribution in [2.75, 3.05) is 18.8 Å². The van der Waals surface area contributed by atoms with Crippen LogP contribution in [0.25, 0.3) is 10.9 Å². The van der Waals surface area contributed by atoms with Crippen LogP contribution in [-0.2, 0) is 6.54 Å². The molecule has 5 nitrogen and oxygen atoms in total. The van der Waals surface area contributed by atoms with Crippen LogP contribution in [0.5, 0.6) is 0 Å². The quantitative estimate of drug-likeness (QED) is 0.897. The zero-order valence-electron chi connectivity index (χ0n) is 11.3. The summed E-state index contributed by atoms with van der Waals surface area (Å²) in [6.45, 7) is 2.50. The summed E-state index contributed by atoms with van der Waals surface area (Å²) in [5, 5.41) is 0.919. The Morgan fingerprint density at radius 2 is 2.05 bits per heavy atom. The first-order chi connectivity index (χ1) is 9.28. The summed E-state index contributed by atoms with van der Waals surface area (Å²) in [6, 6.07) is 8.30.